The van der Waals surface area contributed by atoms with Crippen LogP contribution in [0.4, 0.5) is 13.2 Å². The molecule has 0 heterocycles. The van der Waals surface area contributed by atoms with E-state index in [2.05, 4.69) is 27.9 Å². The number of rotatable bonds is 6. The summed E-state index contributed by atoms with van der Waals surface area (Å²) < 4.78 is 37.5. The lowest BCUT2D eigenvalue weighted by Gasteiger charge is -2.19. The summed E-state index contributed by atoms with van der Waals surface area (Å²) in [6.07, 6.45) is -4.10. The van der Waals surface area contributed by atoms with Gasteiger partial charge in [0.2, 0.25) is 0 Å². The molecule has 0 aromatic heterocycles. The van der Waals surface area contributed by atoms with E-state index >= 15 is 0 Å². The van der Waals surface area contributed by atoms with Gasteiger partial charge in [-0.05, 0) is 59.7 Å². The first-order chi connectivity index (χ1) is 8.42. The fourth-order valence-electron chi connectivity index (χ4n) is 1.86. The minimum atomic E-state index is -4.05. The molecule has 5 heteroatoms. The van der Waals surface area contributed by atoms with Crippen LogP contribution < -0.4 is 5.32 Å². The van der Waals surface area contributed by atoms with Gasteiger partial charge in [-0.1, -0.05) is 19.1 Å². The maximum absolute atomic E-state index is 12.1. The highest BCUT2D eigenvalue weighted by atomic mass is 127. The monoisotopic (exact) mass is 371 g/mol. The minimum absolute atomic E-state index is 0.00654. The van der Waals surface area contributed by atoms with Gasteiger partial charge in [0.05, 0.1) is 0 Å². The predicted molar refractivity (Wildman–Crippen MR) is 75.5 cm³/mol. The van der Waals surface area contributed by atoms with Crippen molar-refractivity contribution in [1.29, 1.82) is 0 Å². The Hall–Kier alpha value is -0.300. The first-order valence-electron chi connectivity index (χ1n) is 5.98. The highest BCUT2D eigenvalue weighted by Gasteiger charge is 2.26. The Morgan fingerprint density at radius 2 is 2.06 bits per heavy atom. The largest absolute Gasteiger partial charge is 0.389 e. The molecule has 0 spiro atoms. The molecule has 0 amide bonds. The van der Waals surface area contributed by atoms with E-state index in [0.717, 1.165) is 15.7 Å². The van der Waals surface area contributed by atoms with Gasteiger partial charge in [0, 0.05) is 16.0 Å². The number of halogens is 4. The van der Waals surface area contributed by atoms with Crippen molar-refractivity contribution in [3.63, 3.8) is 0 Å². The Balaban J connectivity index is 2.60. The molecule has 18 heavy (non-hydrogen) atoms. The van der Waals surface area contributed by atoms with E-state index in [1.54, 1.807) is 0 Å². The molecule has 0 aliphatic carbocycles. The third-order valence-corrected chi connectivity index (χ3v) is 3.33. The molecule has 1 unspecified atom stereocenters. The molecule has 1 nitrogen and oxygen atoms in total. The van der Waals surface area contributed by atoms with E-state index in [-0.39, 0.29) is 12.5 Å². The van der Waals surface area contributed by atoms with Gasteiger partial charge in [-0.2, -0.15) is 13.2 Å². The Morgan fingerprint density at radius 3 is 2.61 bits per heavy atom. The summed E-state index contributed by atoms with van der Waals surface area (Å²) in [6.45, 7) is 2.72. The van der Waals surface area contributed by atoms with Gasteiger partial charge in [0.1, 0.15) is 0 Å². The lowest BCUT2D eigenvalue weighted by atomic mass is 10.0. The van der Waals surface area contributed by atoms with Crippen molar-refractivity contribution in [2.24, 2.45) is 0 Å². The van der Waals surface area contributed by atoms with Crippen LogP contribution in [0.15, 0.2) is 24.3 Å². The van der Waals surface area contributed by atoms with Crippen LogP contribution in [0.1, 0.15) is 37.8 Å². The summed E-state index contributed by atoms with van der Waals surface area (Å²) in [5.74, 6) is 0. The van der Waals surface area contributed by atoms with Crippen LogP contribution in [-0.2, 0) is 0 Å². The zero-order valence-electron chi connectivity index (χ0n) is 10.2. The molecule has 102 valence electrons. The Bertz CT molecular complexity index is 365. The second kappa shape index (κ2) is 7.33. The van der Waals surface area contributed by atoms with Crippen LogP contribution in [0.5, 0.6) is 0 Å². The molecule has 0 aliphatic heterocycles. The van der Waals surface area contributed by atoms with Crippen LogP contribution in [0, 0.1) is 3.57 Å². The van der Waals surface area contributed by atoms with Gasteiger partial charge in [0.25, 0.3) is 0 Å². The van der Waals surface area contributed by atoms with Crippen molar-refractivity contribution >= 4 is 22.6 Å². The standard InChI is InChI=1S/C13H17F3IN/c1-2-18-12(7-4-8-13(14,15)16)10-5-3-6-11(17)9-10/h3,5-6,9,12,18H,2,4,7-8H2,1H3. The summed E-state index contributed by atoms with van der Waals surface area (Å²) in [6, 6.07) is 7.89. The van der Waals surface area contributed by atoms with Crippen LogP contribution >= 0.6 is 22.6 Å². The van der Waals surface area contributed by atoms with Crippen molar-refractivity contribution in [3.05, 3.63) is 33.4 Å². The lowest BCUT2D eigenvalue weighted by Crippen LogP contribution is -2.21. The van der Waals surface area contributed by atoms with Gasteiger partial charge in [-0.25, -0.2) is 0 Å². The fourth-order valence-corrected chi connectivity index (χ4v) is 2.43. The smallest absolute Gasteiger partial charge is 0.310 e. The SMILES string of the molecule is CCNC(CCCC(F)(F)F)c1cccc(I)c1. The first-order valence-corrected chi connectivity index (χ1v) is 7.06. The van der Waals surface area contributed by atoms with E-state index in [9.17, 15) is 13.2 Å². The van der Waals surface area contributed by atoms with E-state index in [1.807, 2.05) is 31.2 Å². The third-order valence-electron chi connectivity index (χ3n) is 2.65. The maximum Gasteiger partial charge on any atom is 0.389 e. The quantitative estimate of drug-likeness (QED) is 0.717. The predicted octanol–water partition coefficient (Wildman–Crippen LogP) is 4.67. The summed E-state index contributed by atoms with van der Waals surface area (Å²) >= 11 is 2.21. The average Bonchev–Trinajstić information content (AvgIpc) is 2.26. The third kappa shape index (κ3) is 6.04. The van der Waals surface area contributed by atoms with E-state index in [0.29, 0.717) is 6.42 Å². The minimum Gasteiger partial charge on any atom is -0.310 e. The molecule has 0 saturated carbocycles. The fraction of sp³-hybridized carbons (Fsp3) is 0.538. The summed E-state index contributed by atoms with van der Waals surface area (Å²) in [7, 11) is 0. The zero-order chi connectivity index (χ0) is 13.6. The molecule has 1 N–H and O–H groups in total. The second-order valence-corrected chi connectivity index (χ2v) is 5.42. The van der Waals surface area contributed by atoms with Crippen molar-refractivity contribution < 1.29 is 13.2 Å². The molecular weight excluding hydrogens is 354 g/mol. The van der Waals surface area contributed by atoms with Crippen molar-refractivity contribution in [1.82, 2.24) is 5.32 Å². The zero-order valence-corrected chi connectivity index (χ0v) is 12.4. The van der Waals surface area contributed by atoms with Gasteiger partial charge in [-0.15, -0.1) is 0 Å². The molecule has 0 radical (unpaired) electrons. The number of hydrogen-bond donors (Lipinski definition) is 1. The number of hydrogen-bond acceptors (Lipinski definition) is 1. The number of alkyl halides is 3. The normalized spacial score (nSPS) is 13.6. The molecule has 0 saturated heterocycles. The average molecular weight is 371 g/mol. The van der Waals surface area contributed by atoms with E-state index < -0.39 is 12.6 Å². The lowest BCUT2D eigenvalue weighted by molar-refractivity contribution is -0.135. The summed E-state index contributed by atoms with van der Waals surface area (Å²) in [4.78, 5) is 0. The topological polar surface area (TPSA) is 12.0 Å². The van der Waals surface area contributed by atoms with Crippen LogP contribution in [0.2, 0.25) is 0 Å². The van der Waals surface area contributed by atoms with Gasteiger partial charge in [-0.3, -0.25) is 0 Å². The molecular formula is C13H17F3IN. The highest BCUT2D eigenvalue weighted by molar-refractivity contribution is 14.1. The van der Waals surface area contributed by atoms with Crippen molar-refractivity contribution in [3.8, 4) is 0 Å². The number of nitrogens with one attached hydrogen (secondary N) is 1. The molecule has 0 aliphatic rings. The van der Waals surface area contributed by atoms with Crippen molar-refractivity contribution in [2.75, 3.05) is 6.54 Å². The Labute approximate surface area is 119 Å². The van der Waals surface area contributed by atoms with Crippen molar-refractivity contribution in [2.45, 2.75) is 38.4 Å². The molecule has 1 rings (SSSR count). The highest BCUT2D eigenvalue weighted by Crippen LogP contribution is 2.26. The van der Waals surface area contributed by atoms with Gasteiger partial charge < -0.3 is 5.32 Å². The molecule has 0 fully saturated rings. The molecule has 0 bridgehead atoms. The number of benzene rings is 1. The molecule has 1 aromatic rings. The first kappa shape index (κ1) is 15.8. The van der Waals surface area contributed by atoms with Crippen LogP contribution in [0.25, 0.3) is 0 Å². The Morgan fingerprint density at radius 1 is 1.33 bits per heavy atom. The van der Waals surface area contributed by atoms with E-state index in [4.69, 9.17) is 0 Å². The van der Waals surface area contributed by atoms with Gasteiger partial charge in [0.15, 0.2) is 0 Å². The second-order valence-electron chi connectivity index (χ2n) is 4.17. The van der Waals surface area contributed by atoms with Gasteiger partial charge >= 0.3 is 6.18 Å². The molecule has 1 atom stereocenters. The summed E-state index contributed by atoms with van der Waals surface area (Å²) in [5.41, 5.74) is 1.06. The Kier molecular flexibility index (Phi) is 6.42. The van der Waals surface area contributed by atoms with Crippen LogP contribution in [-0.4, -0.2) is 12.7 Å². The maximum atomic E-state index is 12.1. The summed E-state index contributed by atoms with van der Waals surface area (Å²) in [5, 5.41) is 3.24. The van der Waals surface area contributed by atoms with Crippen LogP contribution in [0.3, 0.4) is 0 Å². The molecule has 1 aromatic carbocycles. The van der Waals surface area contributed by atoms with E-state index in [1.165, 1.54) is 0 Å².